The van der Waals surface area contributed by atoms with Crippen molar-refractivity contribution >= 4 is 28.8 Å². The van der Waals surface area contributed by atoms with Crippen LogP contribution in [0.15, 0.2) is 90.2 Å². The number of hydrogen-bond acceptors (Lipinski definition) is 4. The molecule has 0 bridgehead atoms. The van der Waals surface area contributed by atoms with Crippen molar-refractivity contribution in [3.05, 3.63) is 102 Å². The second kappa shape index (κ2) is 12.3. The molecule has 37 heavy (non-hydrogen) atoms. The van der Waals surface area contributed by atoms with Crippen molar-refractivity contribution in [2.24, 2.45) is 16.5 Å². The van der Waals surface area contributed by atoms with Gasteiger partial charge in [0.05, 0.1) is 23.3 Å². The van der Waals surface area contributed by atoms with Gasteiger partial charge in [-0.1, -0.05) is 66.7 Å². The summed E-state index contributed by atoms with van der Waals surface area (Å²) in [5, 5.41) is 5.94. The van der Waals surface area contributed by atoms with Crippen molar-refractivity contribution < 1.29 is 9.59 Å². The van der Waals surface area contributed by atoms with Gasteiger partial charge in [0, 0.05) is 13.1 Å². The fourth-order valence-corrected chi connectivity index (χ4v) is 4.22. The van der Waals surface area contributed by atoms with Gasteiger partial charge in [0.25, 0.3) is 0 Å². The van der Waals surface area contributed by atoms with Crippen LogP contribution in [0.3, 0.4) is 0 Å². The molecular formula is C28H31N7O2. The summed E-state index contributed by atoms with van der Waals surface area (Å²) >= 11 is 0. The zero-order valence-corrected chi connectivity index (χ0v) is 20.4. The first-order chi connectivity index (χ1) is 18.0. The SMILES string of the molecule is NC(N)=NCCC[C@H](NC(=O)C(c1ccccc1)c1ccccc1)C(=O)NCc1ccc2nc[nH]c2c1. The molecule has 1 atom stereocenters. The van der Waals surface area contributed by atoms with Crippen LogP contribution in [-0.2, 0) is 16.1 Å². The van der Waals surface area contributed by atoms with Crippen molar-refractivity contribution in [1.29, 1.82) is 0 Å². The molecular weight excluding hydrogens is 466 g/mol. The number of H-pyrrole nitrogens is 1. The number of fused-ring (bicyclic) bond motifs is 1. The van der Waals surface area contributed by atoms with E-state index in [2.05, 4.69) is 25.6 Å². The molecule has 7 N–H and O–H groups in total. The van der Waals surface area contributed by atoms with E-state index in [1.807, 2.05) is 78.9 Å². The van der Waals surface area contributed by atoms with Crippen LogP contribution in [0.4, 0.5) is 0 Å². The number of nitrogens with one attached hydrogen (secondary N) is 3. The lowest BCUT2D eigenvalue weighted by Gasteiger charge is -2.23. The third-order valence-electron chi connectivity index (χ3n) is 6.06. The minimum atomic E-state index is -0.757. The summed E-state index contributed by atoms with van der Waals surface area (Å²) in [6, 6.07) is 24.0. The van der Waals surface area contributed by atoms with Gasteiger partial charge in [0.1, 0.15) is 6.04 Å². The van der Waals surface area contributed by atoms with Gasteiger partial charge in [-0.15, -0.1) is 0 Å². The Balaban J connectivity index is 1.50. The van der Waals surface area contributed by atoms with E-state index in [1.165, 1.54) is 0 Å². The summed E-state index contributed by atoms with van der Waals surface area (Å²) in [5.41, 5.74) is 15.2. The average Bonchev–Trinajstić information content (AvgIpc) is 3.38. The van der Waals surface area contributed by atoms with Crippen molar-refractivity contribution in [2.45, 2.75) is 31.3 Å². The number of aromatic nitrogens is 2. The number of rotatable bonds is 11. The minimum Gasteiger partial charge on any atom is -0.370 e. The van der Waals surface area contributed by atoms with Crippen LogP contribution in [0.25, 0.3) is 11.0 Å². The van der Waals surface area contributed by atoms with Gasteiger partial charge in [-0.05, 0) is 41.7 Å². The third-order valence-corrected chi connectivity index (χ3v) is 6.06. The number of nitrogens with zero attached hydrogens (tertiary/aromatic N) is 2. The molecule has 9 heteroatoms. The number of carbonyl (C=O) groups excluding carboxylic acids is 2. The Morgan fingerprint density at radius 1 is 0.919 bits per heavy atom. The zero-order chi connectivity index (χ0) is 26.0. The standard InChI is InChI=1S/C28H31N7O2/c29-28(30)31-15-7-12-23(26(36)32-17-19-13-14-22-24(16-19)34-18-33-22)35-27(37)25(20-8-3-1-4-9-20)21-10-5-2-6-11-21/h1-6,8-11,13-14,16,18,23,25H,7,12,15,17H2,(H,32,36)(H,33,34)(H,35,37)(H4,29,30,31)/t23-/m0/s1. The van der Waals surface area contributed by atoms with Gasteiger partial charge >= 0.3 is 0 Å². The summed E-state index contributed by atoms with van der Waals surface area (Å²) in [6.07, 6.45) is 2.53. The molecule has 190 valence electrons. The summed E-state index contributed by atoms with van der Waals surface area (Å²) in [5.74, 6) is -1.09. The van der Waals surface area contributed by atoms with E-state index in [1.54, 1.807) is 6.33 Å². The van der Waals surface area contributed by atoms with Crippen LogP contribution < -0.4 is 22.1 Å². The second-order valence-corrected chi connectivity index (χ2v) is 8.74. The van der Waals surface area contributed by atoms with E-state index < -0.39 is 12.0 Å². The first-order valence-corrected chi connectivity index (χ1v) is 12.2. The number of nitrogens with two attached hydrogens (primary N) is 2. The highest BCUT2D eigenvalue weighted by molar-refractivity contribution is 5.92. The molecule has 4 aromatic rings. The smallest absolute Gasteiger partial charge is 0.242 e. The number of amides is 2. The minimum absolute atomic E-state index is 0.00699. The Morgan fingerprint density at radius 3 is 2.24 bits per heavy atom. The summed E-state index contributed by atoms with van der Waals surface area (Å²) in [6.45, 7) is 0.675. The van der Waals surface area contributed by atoms with Gasteiger partial charge < -0.3 is 27.1 Å². The van der Waals surface area contributed by atoms with E-state index in [0.29, 0.717) is 25.9 Å². The highest BCUT2D eigenvalue weighted by atomic mass is 16.2. The van der Waals surface area contributed by atoms with Gasteiger partial charge in [-0.2, -0.15) is 0 Å². The molecule has 0 fully saturated rings. The summed E-state index contributed by atoms with van der Waals surface area (Å²) in [7, 11) is 0. The van der Waals surface area contributed by atoms with Gasteiger partial charge in [-0.25, -0.2) is 4.98 Å². The predicted molar refractivity (Wildman–Crippen MR) is 145 cm³/mol. The first-order valence-electron chi connectivity index (χ1n) is 12.2. The fourth-order valence-electron chi connectivity index (χ4n) is 4.22. The number of guanidine groups is 1. The number of aliphatic imine (C=N–C) groups is 1. The van der Waals surface area contributed by atoms with Crippen molar-refractivity contribution in [3.63, 3.8) is 0 Å². The van der Waals surface area contributed by atoms with Crippen LogP contribution in [0, 0.1) is 0 Å². The lowest BCUT2D eigenvalue weighted by Crippen LogP contribution is -2.48. The molecule has 0 aliphatic carbocycles. The zero-order valence-electron chi connectivity index (χ0n) is 20.4. The number of carbonyl (C=O) groups is 2. The molecule has 0 saturated carbocycles. The van der Waals surface area contributed by atoms with Crippen molar-refractivity contribution in [2.75, 3.05) is 6.54 Å². The average molecular weight is 498 g/mol. The van der Waals surface area contributed by atoms with E-state index in [0.717, 1.165) is 27.7 Å². The van der Waals surface area contributed by atoms with Gasteiger partial charge in [-0.3, -0.25) is 14.6 Å². The number of hydrogen-bond donors (Lipinski definition) is 5. The molecule has 0 aliphatic heterocycles. The molecule has 3 aromatic carbocycles. The largest absolute Gasteiger partial charge is 0.370 e. The highest BCUT2D eigenvalue weighted by Crippen LogP contribution is 2.25. The van der Waals surface area contributed by atoms with E-state index in [9.17, 15) is 9.59 Å². The van der Waals surface area contributed by atoms with Crippen LogP contribution in [-0.4, -0.2) is 40.3 Å². The topological polar surface area (TPSA) is 151 Å². The summed E-state index contributed by atoms with van der Waals surface area (Å²) < 4.78 is 0. The van der Waals surface area contributed by atoms with Crippen LogP contribution in [0.2, 0.25) is 0 Å². The molecule has 0 radical (unpaired) electrons. The van der Waals surface area contributed by atoms with Gasteiger partial charge in [0.15, 0.2) is 5.96 Å². The normalized spacial score (nSPS) is 11.7. The Labute approximate surface area is 215 Å². The molecule has 1 aromatic heterocycles. The molecule has 9 nitrogen and oxygen atoms in total. The molecule has 0 spiro atoms. The maximum Gasteiger partial charge on any atom is 0.242 e. The Morgan fingerprint density at radius 2 is 1.59 bits per heavy atom. The van der Waals surface area contributed by atoms with Crippen LogP contribution >= 0.6 is 0 Å². The molecule has 0 aliphatic rings. The Hall–Kier alpha value is -4.66. The maximum atomic E-state index is 13.6. The van der Waals surface area contributed by atoms with E-state index >= 15 is 0 Å². The maximum absolute atomic E-state index is 13.6. The lowest BCUT2D eigenvalue weighted by atomic mass is 9.90. The highest BCUT2D eigenvalue weighted by Gasteiger charge is 2.27. The Kier molecular flexibility index (Phi) is 8.49. The quantitative estimate of drug-likeness (QED) is 0.123. The molecule has 0 unspecified atom stereocenters. The van der Waals surface area contributed by atoms with Gasteiger partial charge in [0.2, 0.25) is 11.8 Å². The number of aromatic amines is 1. The molecule has 0 saturated heterocycles. The van der Waals surface area contributed by atoms with Crippen molar-refractivity contribution in [1.82, 2.24) is 20.6 Å². The lowest BCUT2D eigenvalue weighted by molar-refractivity contribution is -0.129. The molecule has 4 rings (SSSR count). The molecule has 1 heterocycles. The fraction of sp³-hybridized carbons (Fsp3) is 0.214. The van der Waals surface area contributed by atoms with Crippen molar-refractivity contribution in [3.8, 4) is 0 Å². The predicted octanol–water partition coefficient (Wildman–Crippen LogP) is 2.55. The van der Waals surface area contributed by atoms with Crippen LogP contribution in [0.1, 0.15) is 35.4 Å². The number of benzene rings is 3. The monoisotopic (exact) mass is 497 g/mol. The molecule has 2 amide bonds. The van der Waals surface area contributed by atoms with E-state index in [-0.39, 0.29) is 17.8 Å². The van der Waals surface area contributed by atoms with Crippen LogP contribution in [0.5, 0.6) is 0 Å². The first kappa shape index (κ1) is 25.4. The summed E-state index contributed by atoms with van der Waals surface area (Å²) in [4.78, 5) is 38.2. The Bertz CT molecular complexity index is 1310. The number of imidazole rings is 1. The third kappa shape index (κ3) is 6.94. The van der Waals surface area contributed by atoms with E-state index in [4.69, 9.17) is 11.5 Å². The second-order valence-electron chi connectivity index (χ2n) is 8.74.